The summed E-state index contributed by atoms with van der Waals surface area (Å²) in [7, 11) is 0. The van der Waals surface area contributed by atoms with Gasteiger partial charge in [-0.1, -0.05) is 43.2 Å². The Balaban J connectivity index is 1.53. The molecule has 0 amide bonds. The highest BCUT2D eigenvalue weighted by atomic mass is 16.4. The van der Waals surface area contributed by atoms with Gasteiger partial charge in [-0.25, -0.2) is 0 Å². The van der Waals surface area contributed by atoms with E-state index in [1.165, 1.54) is 12.0 Å². The maximum atomic E-state index is 11.5. The molecule has 120 valence electrons. The molecule has 1 N–H and O–H groups in total. The SMILES string of the molecule is O=C(O)C1CCCCC1N1CCN(Cc2ccccc2)CC1. The summed E-state index contributed by atoms with van der Waals surface area (Å²) in [5.41, 5.74) is 1.36. The highest BCUT2D eigenvalue weighted by Gasteiger charge is 2.35. The summed E-state index contributed by atoms with van der Waals surface area (Å²) in [5.74, 6) is -0.758. The van der Waals surface area contributed by atoms with E-state index in [0.717, 1.165) is 52.0 Å². The molecule has 2 unspecified atom stereocenters. The lowest BCUT2D eigenvalue weighted by Gasteiger charge is -2.43. The summed E-state index contributed by atoms with van der Waals surface area (Å²) >= 11 is 0. The van der Waals surface area contributed by atoms with Crippen molar-refractivity contribution in [3.05, 3.63) is 35.9 Å². The molecule has 22 heavy (non-hydrogen) atoms. The zero-order valence-corrected chi connectivity index (χ0v) is 13.2. The van der Waals surface area contributed by atoms with E-state index in [1.807, 2.05) is 0 Å². The number of benzene rings is 1. The Kier molecular flexibility index (Phi) is 5.11. The number of rotatable bonds is 4. The molecular formula is C18H26N2O2. The Hall–Kier alpha value is -1.39. The predicted molar refractivity (Wildman–Crippen MR) is 86.7 cm³/mol. The fourth-order valence-electron chi connectivity index (χ4n) is 3.93. The van der Waals surface area contributed by atoms with Gasteiger partial charge in [0.15, 0.2) is 0 Å². The molecule has 4 heteroatoms. The molecule has 0 aromatic heterocycles. The summed E-state index contributed by atoms with van der Waals surface area (Å²) in [6.45, 7) is 5.08. The van der Waals surface area contributed by atoms with Crippen LogP contribution in [0.25, 0.3) is 0 Å². The van der Waals surface area contributed by atoms with Crippen molar-refractivity contribution < 1.29 is 9.90 Å². The minimum atomic E-state index is -0.601. The minimum Gasteiger partial charge on any atom is -0.481 e. The summed E-state index contributed by atoms with van der Waals surface area (Å²) in [6.07, 6.45) is 4.15. The zero-order chi connectivity index (χ0) is 15.4. The van der Waals surface area contributed by atoms with E-state index in [0.29, 0.717) is 0 Å². The van der Waals surface area contributed by atoms with Crippen molar-refractivity contribution in [3.8, 4) is 0 Å². The number of carboxylic acid groups (broad SMARTS) is 1. The highest BCUT2D eigenvalue weighted by molar-refractivity contribution is 5.71. The van der Waals surface area contributed by atoms with Crippen molar-refractivity contribution in [1.29, 1.82) is 0 Å². The molecule has 2 aliphatic rings. The van der Waals surface area contributed by atoms with Crippen LogP contribution >= 0.6 is 0 Å². The number of hydrogen-bond acceptors (Lipinski definition) is 3. The third-order valence-corrected chi connectivity index (χ3v) is 5.17. The van der Waals surface area contributed by atoms with E-state index in [1.54, 1.807) is 0 Å². The predicted octanol–water partition coefficient (Wildman–Crippen LogP) is 2.45. The van der Waals surface area contributed by atoms with Crippen molar-refractivity contribution in [1.82, 2.24) is 9.80 Å². The van der Waals surface area contributed by atoms with Crippen molar-refractivity contribution >= 4 is 5.97 Å². The van der Waals surface area contributed by atoms with Crippen LogP contribution in [0.4, 0.5) is 0 Å². The quantitative estimate of drug-likeness (QED) is 0.928. The first-order valence-corrected chi connectivity index (χ1v) is 8.47. The molecule has 4 nitrogen and oxygen atoms in total. The third-order valence-electron chi connectivity index (χ3n) is 5.17. The molecule has 0 spiro atoms. The van der Waals surface area contributed by atoms with Gasteiger partial charge in [0.25, 0.3) is 0 Å². The van der Waals surface area contributed by atoms with Gasteiger partial charge in [-0.3, -0.25) is 14.6 Å². The van der Waals surface area contributed by atoms with E-state index in [2.05, 4.69) is 40.1 Å². The van der Waals surface area contributed by atoms with Crippen LogP contribution in [0.2, 0.25) is 0 Å². The van der Waals surface area contributed by atoms with Crippen LogP contribution in [0.15, 0.2) is 30.3 Å². The molecule has 0 bridgehead atoms. The smallest absolute Gasteiger partial charge is 0.308 e. The molecule has 0 radical (unpaired) electrons. The second-order valence-electron chi connectivity index (χ2n) is 6.59. The van der Waals surface area contributed by atoms with Gasteiger partial charge in [-0.2, -0.15) is 0 Å². The summed E-state index contributed by atoms with van der Waals surface area (Å²) < 4.78 is 0. The van der Waals surface area contributed by atoms with Crippen LogP contribution < -0.4 is 0 Å². The van der Waals surface area contributed by atoms with E-state index < -0.39 is 5.97 Å². The average Bonchev–Trinajstić information content (AvgIpc) is 2.56. The van der Waals surface area contributed by atoms with Gasteiger partial charge >= 0.3 is 5.97 Å². The number of carboxylic acids is 1. The monoisotopic (exact) mass is 302 g/mol. The maximum absolute atomic E-state index is 11.5. The number of hydrogen-bond donors (Lipinski definition) is 1. The van der Waals surface area contributed by atoms with Crippen molar-refractivity contribution in [2.45, 2.75) is 38.3 Å². The normalized spacial score (nSPS) is 27.6. The number of piperazine rings is 1. The molecule has 1 saturated carbocycles. The fourth-order valence-corrected chi connectivity index (χ4v) is 3.93. The average molecular weight is 302 g/mol. The second-order valence-corrected chi connectivity index (χ2v) is 6.59. The molecule has 2 fully saturated rings. The molecule has 1 aliphatic heterocycles. The van der Waals surface area contributed by atoms with Gasteiger partial charge in [-0.05, 0) is 18.4 Å². The zero-order valence-electron chi connectivity index (χ0n) is 13.2. The van der Waals surface area contributed by atoms with Crippen LogP contribution in [0, 0.1) is 5.92 Å². The van der Waals surface area contributed by atoms with Gasteiger partial charge in [0, 0.05) is 38.8 Å². The second kappa shape index (κ2) is 7.25. The van der Waals surface area contributed by atoms with Crippen molar-refractivity contribution in [2.75, 3.05) is 26.2 Å². The highest BCUT2D eigenvalue weighted by Crippen LogP contribution is 2.29. The van der Waals surface area contributed by atoms with Crippen molar-refractivity contribution in [2.24, 2.45) is 5.92 Å². The minimum absolute atomic E-state index is 0.158. The third kappa shape index (κ3) is 3.68. The summed E-state index contributed by atoms with van der Waals surface area (Å²) in [4.78, 5) is 16.4. The van der Waals surface area contributed by atoms with E-state index in [9.17, 15) is 9.90 Å². The standard InChI is InChI=1S/C18H26N2O2/c21-18(22)16-8-4-5-9-17(16)20-12-10-19(11-13-20)14-15-6-2-1-3-7-15/h1-3,6-7,16-17H,4-5,8-14H2,(H,21,22). The Morgan fingerprint density at radius 3 is 2.41 bits per heavy atom. The van der Waals surface area contributed by atoms with Gasteiger partial charge in [0.2, 0.25) is 0 Å². The first kappa shape index (κ1) is 15.5. The summed E-state index contributed by atoms with van der Waals surface area (Å²) in [6, 6.07) is 10.8. The number of aliphatic carboxylic acids is 1. The maximum Gasteiger partial charge on any atom is 0.308 e. The van der Waals surface area contributed by atoms with Crippen molar-refractivity contribution in [3.63, 3.8) is 0 Å². The Morgan fingerprint density at radius 2 is 1.73 bits per heavy atom. The molecule has 1 heterocycles. The topological polar surface area (TPSA) is 43.8 Å². The van der Waals surface area contributed by atoms with E-state index in [4.69, 9.17) is 0 Å². The Labute approximate surface area is 132 Å². The van der Waals surface area contributed by atoms with Gasteiger partial charge in [0.05, 0.1) is 5.92 Å². The van der Waals surface area contributed by atoms with E-state index in [-0.39, 0.29) is 12.0 Å². The van der Waals surface area contributed by atoms with Crippen LogP contribution in [0.1, 0.15) is 31.2 Å². The Morgan fingerprint density at radius 1 is 1.05 bits per heavy atom. The Bertz CT molecular complexity index is 483. The van der Waals surface area contributed by atoms with Gasteiger partial charge < -0.3 is 5.11 Å². The van der Waals surface area contributed by atoms with Crippen LogP contribution in [0.5, 0.6) is 0 Å². The molecule has 3 rings (SSSR count). The van der Waals surface area contributed by atoms with Crippen LogP contribution in [-0.4, -0.2) is 53.1 Å². The van der Waals surface area contributed by atoms with Gasteiger partial charge in [0.1, 0.15) is 0 Å². The first-order valence-electron chi connectivity index (χ1n) is 8.47. The molecule has 1 aromatic rings. The van der Waals surface area contributed by atoms with Crippen LogP contribution in [0.3, 0.4) is 0 Å². The number of nitrogens with zero attached hydrogens (tertiary/aromatic N) is 2. The van der Waals surface area contributed by atoms with Crippen LogP contribution in [-0.2, 0) is 11.3 Å². The van der Waals surface area contributed by atoms with E-state index >= 15 is 0 Å². The molecule has 1 saturated heterocycles. The fraction of sp³-hybridized carbons (Fsp3) is 0.611. The molecule has 2 atom stereocenters. The summed E-state index contributed by atoms with van der Waals surface area (Å²) in [5, 5.41) is 9.45. The first-order chi connectivity index (χ1) is 10.7. The molecule has 1 aliphatic carbocycles. The number of carbonyl (C=O) groups is 1. The van der Waals surface area contributed by atoms with Gasteiger partial charge in [-0.15, -0.1) is 0 Å². The largest absolute Gasteiger partial charge is 0.481 e. The lowest BCUT2D eigenvalue weighted by Crippen LogP contribution is -2.53. The molecular weight excluding hydrogens is 276 g/mol. The molecule has 1 aromatic carbocycles. The lowest BCUT2D eigenvalue weighted by atomic mass is 9.83. The lowest BCUT2D eigenvalue weighted by molar-refractivity contribution is -0.146.